The highest BCUT2D eigenvalue weighted by molar-refractivity contribution is 6.65. The van der Waals surface area contributed by atoms with Crippen molar-refractivity contribution in [3.8, 4) is 0 Å². The lowest BCUT2D eigenvalue weighted by molar-refractivity contribution is 0.138. The van der Waals surface area contributed by atoms with Crippen LogP contribution in [0.5, 0.6) is 0 Å². The van der Waals surface area contributed by atoms with Gasteiger partial charge in [-0.3, -0.25) is 0 Å². The zero-order chi connectivity index (χ0) is 8.53. The van der Waals surface area contributed by atoms with Crippen LogP contribution in [0, 0.1) is 0 Å². The summed E-state index contributed by atoms with van der Waals surface area (Å²) in [7, 11) is 0. The van der Waals surface area contributed by atoms with E-state index in [2.05, 4.69) is 12.1 Å². The molecule has 0 aliphatic heterocycles. The second-order valence-corrected chi connectivity index (χ2v) is 2.63. The van der Waals surface area contributed by atoms with Crippen LogP contribution in [-0.4, -0.2) is 23.6 Å². The topological polar surface area (TPSA) is 41.8 Å². The number of halogens is 1. The Balaban J connectivity index is 3.02. The minimum atomic E-state index is 0.196. The Morgan fingerprint density at radius 3 is 2.82 bits per heavy atom. The summed E-state index contributed by atoms with van der Waals surface area (Å²) < 4.78 is 5.17. The van der Waals surface area contributed by atoms with Gasteiger partial charge in [-0.15, -0.1) is 0 Å². The summed E-state index contributed by atoms with van der Waals surface area (Å²) in [5.41, 5.74) is 0. The number of unbranched alkanes of at least 4 members (excludes halogenated alkanes) is 1. The minimum Gasteiger partial charge on any atom is -0.410 e. The van der Waals surface area contributed by atoms with E-state index in [1.54, 1.807) is 0 Å². The highest BCUT2D eigenvalue weighted by Gasteiger charge is 1.93. The zero-order valence-corrected chi connectivity index (χ0v) is 7.47. The van der Waals surface area contributed by atoms with Crippen molar-refractivity contribution in [1.29, 1.82) is 0 Å². The number of oxime groups is 1. The molecule has 0 saturated carbocycles. The van der Waals surface area contributed by atoms with Gasteiger partial charge in [-0.1, -0.05) is 30.1 Å². The van der Waals surface area contributed by atoms with Gasteiger partial charge in [0.1, 0.15) is 5.17 Å². The van der Waals surface area contributed by atoms with Gasteiger partial charge in [0.05, 0.1) is 6.61 Å². The van der Waals surface area contributed by atoms with Crippen molar-refractivity contribution in [3.63, 3.8) is 0 Å². The summed E-state index contributed by atoms with van der Waals surface area (Å²) >= 11 is 5.40. The highest BCUT2D eigenvalue weighted by Crippen LogP contribution is 1.94. The zero-order valence-electron chi connectivity index (χ0n) is 6.72. The molecule has 1 N–H and O–H groups in total. The fourth-order valence-electron chi connectivity index (χ4n) is 0.555. The maximum atomic E-state index is 8.14. The lowest BCUT2D eigenvalue weighted by Crippen LogP contribution is -2.00. The molecule has 66 valence electrons. The fourth-order valence-corrected chi connectivity index (χ4v) is 0.632. The molecular formula is C7H14ClNO2. The summed E-state index contributed by atoms with van der Waals surface area (Å²) in [5, 5.41) is 11.1. The van der Waals surface area contributed by atoms with Crippen molar-refractivity contribution in [1.82, 2.24) is 0 Å². The molecule has 0 bridgehead atoms. The summed E-state index contributed by atoms with van der Waals surface area (Å²) in [4.78, 5) is 0. The Morgan fingerprint density at radius 2 is 2.27 bits per heavy atom. The van der Waals surface area contributed by atoms with E-state index in [0.29, 0.717) is 13.0 Å². The number of nitrogens with zero attached hydrogens (tertiary/aromatic N) is 1. The Labute approximate surface area is 72.0 Å². The predicted molar refractivity (Wildman–Crippen MR) is 45.4 cm³/mol. The molecule has 0 amide bonds. The smallest absolute Gasteiger partial charge is 0.147 e. The molecule has 0 aliphatic carbocycles. The number of ether oxygens (including phenoxy) is 1. The molecule has 11 heavy (non-hydrogen) atoms. The third-order valence-electron chi connectivity index (χ3n) is 1.20. The molecule has 0 rings (SSSR count). The maximum absolute atomic E-state index is 8.14. The molecule has 0 aromatic heterocycles. The van der Waals surface area contributed by atoms with Crippen molar-refractivity contribution >= 4 is 16.8 Å². The van der Waals surface area contributed by atoms with Gasteiger partial charge in [0.2, 0.25) is 0 Å². The summed E-state index contributed by atoms with van der Waals surface area (Å²) in [6.07, 6.45) is 2.68. The van der Waals surface area contributed by atoms with Crippen LogP contribution in [0.4, 0.5) is 0 Å². The monoisotopic (exact) mass is 179 g/mol. The summed E-state index contributed by atoms with van der Waals surface area (Å²) in [6, 6.07) is 0. The quantitative estimate of drug-likeness (QED) is 0.294. The van der Waals surface area contributed by atoms with Crippen molar-refractivity contribution in [2.45, 2.75) is 26.2 Å². The third kappa shape index (κ3) is 7.62. The Bertz CT molecular complexity index is 117. The van der Waals surface area contributed by atoms with Crippen LogP contribution in [0.15, 0.2) is 5.16 Å². The van der Waals surface area contributed by atoms with E-state index in [1.807, 2.05) is 0 Å². The van der Waals surface area contributed by atoms with Gasteiger partial charge in [0.15, 0.2) is 0 Å². The van der Waals surface area contributed by atoms with Crippen LogP contribution in [0.2, 0.25) is 0 Å². The standard InChI is InChI=1S/C7H14ClNO2/c1-2-3-5-11-6-4-7(8)9-10/h10H,2-6H2,1H3/b9-7-. The van der Waals surface area contributed by atoms with Gasteiger partial charge in [-0.2, -0.15) is 0 Å². The molecule has 0 radical (unpaired) electrons. The normalized spacial score (nSPS) is 12.0. The van der Waals surface area contributed by atoms with E-state index in [4.69, 9.17) is 21.5 Å². The number of hydrogen-bond donors (Lipinski definition) is 1. The van der Waals surface area contributed by atoms with E-state index >= 15 is 0 Å². The number of rotatable bonds is 6. The first-order valence-electron chi connectivity index (χ1n) is 3.75. The fraction of sp³-hybridized carbons (Fsp3) is 0.857. The molecule has 0 aliphatic rings. The van der Waals surface area contributed by atoms with E-state index in [9.17, 15) is 0 Å². The van der Waals surface area contributed by atoms with Gasteiger partial charge in [-0.05, 0) is 6.42 Å². The van der Waals surface area contributed by atoms with E-state index in [0.717, 1.165) is 19.4 Å². The highest BCUT2D eigenvalue weighted by atomic mass is 35.5. The maximum Gasteiger partial charge on any atom is 0.147 e. The van der Waals surface area contributed by atoms with Crippen LogP contribution < -0.4 is 0 Å². The molecule has 0 aromatic carbocycles. The van der Waals surface area contributed by atoms with Gasteiger partial charge >= 0.3 is 0 Å². The van der Waals surface area contributed by atoms with Gasteiger partial charge in [-0.25, -0.2) is 0 Å². The van der Waals surface area contributed by atoms with Crippen LogP contribution >= 0.6 is 11.6 Å². The van der Waals surface area contributed by atoms with E-state index < -0.39 is 0 Å². The largest absolute Gasteiger partial charge is 0.410 e. The average Bonchev–Trinajstić information content (AvgIpc) is 2.04. The molecule has 0 fully saturated rings. The Kier molecular flexibility index (Phi) is 7.62. The SMILES string of the molecule is CCCCOCC/C(Cl)=N/O. The van der Waals surface area contributed by atoms with Gasteiger partial charge in [0, 0.05) is 13.0 Å². The van der Waals surface area contributed by atoms with E-state index in [-0.39, 0.29) is 5.17 Å². The van der Waals surface area contributed by atoms with Crippen molar-refractivity contribution in [2.24, 2.45) is 5.16 Å². The number of hydrogen-bond acceptors (Lipinski definition) is 3. The van der Waals surface area contributed by atoms with Crippen LogP contribution in [0.25, 0.3) is 0 Å². The Hall–Kier alpha value is -0.280. The molecule has 0 unspecified atom stereocenters. The average molecular weight is 180 g/mol. The van der Waals surface area contributed by atoms with Gasteiger partial charge in [0.25, 0.3) is 0 Å². The molecule has 4 heteroatoms. The second-order valence-electron chi connectivity index (χ2n) is 2.19. The van der Waals surface area contributed by atoms with Crippen LogP contribution in [0.1, 0.15) is 26.2 Å². The minimum absolute atomic E-state index is 0.196. The summed E-state index contributed by atoms with van der Waals surface area (Å²) in [5.74, 6) is 0. The van der Waals surface area contributed by atoms with Crippen LogP contribution in [-0.2, 0) is 4.74 Å². The second kappa shape index (κ2) is 7.82. The molecule has 0 atom stereocenters. The molecule has 0 aromatic rings. The Morgan fingerprint density at radius 1 is 1.55 bits per heavy atom. The third-order valence-corrected chi connectivity index (χ3v) is 1.47. The summed E-state index contributed by atoms with van der Waals surface area (Å²) in [6.45, 7) is 3.39. The van der Waals surface area contributed by atoms with E-state index in [1.165, 1.54) is 0 Å². The van der Waals surface area contributed by atoms with Crippen LogP contribution in [0.3, 0.4) is 0 Å². The first kappa shape index (κ1) is 10.7. The molecule has 0 saturated heterocycles. The first-order chi connectivity index (χ1) is 5.31. The predicted octanol–water partition coefficient (Wildman–Crippen LogP) is 2.22. The molecule has 0 spiro atoms. The van der Waals surface area contributed by atoms with Crippen molar-refractivity contribution in [2.75, 3.05) is 13.2 Å². The lowest BCUT2D eigenvalue weighted by Gasteiger charge is -1.99. The van der Waals surface area contributed by atoms with Crippen molar-refractivity contribution in [3.05, 3.63) is 0 Å². The van der Waals surface area contributed by atoms with Crippen molar-refractivity contribution < 1.29 is 9.94 Å². The molecule has 0 heterocycles. The molecule has 3 nitrogen and oxygen atoms in total. The first-order valence-corrected chi connectivity index (χ1v) is 4.13. The lowest BCUT2D eigenvalue weighted by atomic mass is 10.4. The molecular weight excluding hydrogens is 166 g/mol. The van der Waals surface area contributed by atoms with Gasteiger partial charge < -0.3 is 9.94 Å².